The molecule has 0 rings (SSSR count). The van der Waals surface area contributed by atoms with Gasteiger partial charge in [-0.3, -0.25) is 4.79 Å². The Bertz CT molecular complexity index is 252. The van der Waals surface area contributed by atoms with E-state index in [1.165, 1.54) is 70.6 Å². The van der Waals surface area contributed by atoms with Gasteiger partial charge in [0.05, 0.1) is 9.47 Å². The van der Waals surface area contributed by atoms with Crippen LogP contribution in [0.15, 0.2) is 12.2 Å². The van der Waals surface area contributed by atoms with Crippen LogP contribution >= 0.6 is 9.47 Å². The van der Waals surface area contributed by atoms with E-state index in [2.05, 4.69) is 23.6 Å². The Morgan fingerprint density at radius 2 is 1.29 bits per heavy atom. The highest BCUT2D eigenvalue weighted by atomic mass is 31.0. The second-order valence-corrected chi connectivity index (χ2v) is 6.06. The van der Waals surface area contributed by atoms with Gasteiger partial charge in [-0.15, -0.1) is 0 Å². The fraction of sp³-hybridized carbons (Fsp3) is 0.833. The molecule has 0 saturated carbocycles. The smallest absolute Gasteiger partial charge is 0.307 e. The van der Waals surface area contributed by atoms with Crippen LogP contribution in [0.25, 0.3) is 0 Å². The number of hydrogen-bond acceptors (Lipinski definition) is 2. The van der Waals surface area contributed by atoms with Crippen molar-refractivity contribution in [1.82, 2.24) is 0 Å². The zero-order chi connectivity index (χ0) is 15.6. The SMILES string of the molecule is CCCCCCCC/C=C\CCCCCCCC(=O)OP. The number of unbranched alkanes of at least 4 members (excludes halogenated alkanes) is 11. The van der Waals surface area contributed by atoms with Gasteiger partial charge >= 0.3 is 5.97 Å². The predicted molar refractivity (Wildman–Crippen MR) is 95.3 cm³/mol. The van der Waals surface area contributed by atoms with Gasteiger partial charge in [-0.1, -0.05) is 70.4 Å². The molecule has 3 heteroatoms. The first-order chi connectivity index (χ1) is 10.3. The van der Waals surface area contributed by atoms with Crippen LogP contribution in [-0.2, 0) is 9.32 Å². The van der Waals surface area contributed by atoms with E-state index in [0.29, 0.717) is 6.42 Å². The molecule has 1 atom stereocenters. The fourth-order valence-corrected chi connectivity index (χ4v) is 2.52. The summed E-state index contributed by atoms with van der Waals surface area (Å²) in [5, 5.41) is 0. The summed E-state index contributed by atoms with van der Waals surface area (Å²) in [6.45, 7) is 2.26. The Morgan fingerprint density at radius 1 is 0.810 bits per heavy atom. The first kappa shape index (κ1) is 20.6. The minimum atomic E-state index is -0.113. The van der Waals surface area contributed by atoms with E-state index < -0.39 is 0 Å². The second kappa shape index (κ2) is 17.7. The van der Waals surface area contributed by atoms with Crippen LogP contribution in [0, 0.1) is 0 Å². The molecule has 0 N–H and O–H groups in total. The molecule has 124 valence electrons. The lowest BCUT2D eigenvalue weighted by Gasteiger charge is -2.00. The van der Waals surface area contributed by atoms with Crippen LogP contribution in [0.2, 0.25) is 0 Å². The van der Waals surface area contributed by atoms with Crippen molar-refractivity contribution in [3.63, 3.8) is 0 Å². The average Bonchev–Trinajstić information content (AvgIpc) is 2.50. The maximum absolute atomic E-state index is 10.9. The largest absolute Gasteiger partial charge is 0.452 e. The number of carbonyl (C=O) groups is 1. The Labute approximate surface area is 134 Å². The van der Waals surface area contributed by atoms with Gasteiger partial charge in [0.15, 0.2) is 0 Å². The maximum Gasteiger partial charge on any atom is 0.307 e. The van der Waals surface area contributed by atoms with Gasteiger partial charge in [0.1, 0.15) is 0 Å². The molecule has 21 heavy (non-hydrogen) atoms. The van der Waals surface area contributed by atoms with E-state index in [4.69, 9.17) is 0 Å². The normalized spacial score (nSPS) is 11.1. The Morgan fingerprint density at radius 3 is 1.81 bits per heavy atom. The fourth-order valence-electron chi connectivity index (χ4n) is 2.40. The monoisotopic (exact) mass is 314 g/mol. The van der Waals surface area contributed by atoms with E-state index in [0.717, 1.165) is 12.8 Å². The molecule has 0 aliphatic carbocycles. The van der Waals surface area contributed by atoms with E-state index >= 15 is 0 Å². The number of hydrogen-bond donors (Lipinski definition) is 0. The highest BCUT2D eigenvalue weighted by molar-refractivity contribution is 7.10. The van der Waals surface area contributed by atoms with Gasteiger partial charge in [-0.25, -0.2) is 0 Å². The van der Waals surface area contributed by atoms with Crippen LogP contribution in [-0.4, -0.2) is 5.97 Å². The molecule has 0 fully saturated rings. The molecule has 2 nitrogen and oxygen atoms in total. The van der Waals surface area contributed by atoms with Crippen LogP contribution in [0.4, 0.5) is 0 Å². The van der Waals surface area contributed by atoms with Crippen LogP contribution in [0.3, 0.4) is 0 Å². The van der Waals surface area contributed by atoms with Gasteiger partial charge in [0, 0.05) is 6.42 Å². The van der Waals surface area contributed by atoms with Gasteiger partial charge in [0.2, 0.25) is 0 Å². The van der Waals surface area contributed by atoms with E-state index in [1.54, 1.807) is 0 Å². The van der Waals surface area contributed by atoms with Crippen molar-refractivity contribution in [2.45, 2.75) is 96.8 Å². The van der Waals surface area contributed by atoms with Crippen LogP contribution in [0.5, 0.6) is 0 Å². The standard InChI is InChI=1S/C18H35O2P/c1-2-3-4-5-6-7-8-9-10-11-12-13-14-15-16-17-18(19)20-21/h9-10H,2-8,11-17,21H2,1H3/b10-9-. The predicted octanol–water partition coefficient (Wildman–Crippen LogP) is 6.36. The molecule has 0 spiro atoms. The van der Waals surface area contributed by atoms with E-state index in [9.17, 15) is 4.79 Å². The topological polar surface area (TPSA) is 26.3 Å². The summed E-state index contributed by atoms with van der Waals surface area (Å²) < 4.78 is 4.54. The van der Waals surface area contributed by atoms with Crippen LogP contribution < -0.4 is 0 Å². The molecule has 0 heterocycles. The summed E-state index contributed by atoms with van der Waals surface area (Å²) in [5.41, 5.74) is 0. The van der Waals surface area contributed by atoms with Crippen molar-refractivity contribution in [2.24, 2.45) is 0 Å². The molecule has 0 amide bonds. The third kappa shape index (κ3) is 17.6. The van der Waals surface area contributed by atoms with Crippen molar-refractivity contribution in [1.29, 1.82) is 0 Å². The third-order valence-corrected chi connectivity index (χ3v) is 4.04. The lowest BCUT2D eigenvalue weighted by atomic mass is 10.1. The maximum atomic E-state index is 10.9. The van der Waals surface area contributed by atoms with Crippen LogP contribution in [0.1, 0.15) is 96.8 Å². The molecule has 0 aromatic rings. The summed E-state index contributed by atoms with van der Waals surface area (Å²) in [6, 6.07) is 0. The molecular weight excluding hydrogens is 279 g/mol. The summed E-state index contributed by atoms with van der Waals surface area (Å²) in [7, 11) is 2.01. The summed E-state index contributed by atoms with van der Waals surface area (Å²) in [6.07, 6.45) is 21.9. The summed E-state index contributed by atoms with van der Waals surface area (Å²) in [4.78, 5) is 10.9. The van der Waals surface area contributed by atoms with E-state index in [1.807, 2.05) is 9.47 Å². The molecule has 0 bridgehead atoms. The molecule has 0 radical (unpaired) electrons. The number of allylic oxidation sites excluding steroid dienone is 2. The highest BCUT2D eigenvalue weighted by Gasteiger charge is 1.98. The quantitative estimate of drug-likeness (QED) is 0.200. The van der Waals surface area contributed by atoms with Gasteiger partial charge < -0.3 is 4.52 Å². The Balaban J connectivity index is 3.10. The average molecular weight is 314 g/mol. The molecule has 0 aliphatic heterocycles. The lowest BCUT2D eigenvalue weighted by molar-refractivity contribution is -0.133. The zero-order valence-electron chi connectivity index (χ0n) is 13.9. The molecule has 0 aliphatic rings. The number of carbonyl (C=O) groups excluding carboxylic acids is 1. The first-order valence-electron chi connectivity index (χ1n) is 8.85. The van der Waals surface area contributed by atoms with Crippen molar-refractivity contribution in [3.05, 3.63) is 12.2 Å². The molecule has 1 unspecified atom stereocenters. The molecule has 0 aromatic carbocycles. The number of rotatable bonds is 15. The molecule has 0 aromatic heterocycles. The van der Waals surface area contributed by atoms with Crippen molar-refractivity contribution < 1.29 is 9.32 Å². The Kier molecular flexibility index (Phi) is 17.4. The van der Waals surface area contributed by atoms with Crippen molar-refractivity contribution in [2.75, 3.05) is 0 Å². The summed E-state index contributed by atoms with van der Waals surface area (Å²) >= 11 is 0. The molecule has 0 saturated heterocycles. The zero-order valence-corrected chi connectivity index (χ0v) is 15.1. The summed E-state index contributed by atoms with van der Waals surface area (Å²) in [5.74, 6) is -0.113. The van der Waals surface area contributed by atoms with Gasteiger partial charge in [0.25, 0.3) is 0 Å². The first-order valence-corrected chi connectivity index (χ1v) is 9.33. The molecular formula is C18H35O2P. The third-order valence-electron chi connectivity index (χ3n) is 3.77. The van der Waals surface area contributed by atoms with Gasteiger partial charge in [-0.05, 0) is 32.1 Å². The minimum absolute atomic E-state index is 0.113. The van der Waals surface area contributed by atoms with E-state index in [-0.39, 0.29) is 5.97 Å². The van der Waals surface area contributed by atoms with Crippen molar-refractivity contribution in [3.8, 4) is 0 Å². The lowest BCUT2D eigenvalue weighted by Crippen LogP contribution is -1.95. The highest BCUT2D eigenvalue weighted by Crippen LogP contribution is 2.10. The Hall–Kier alpha value is -0.360. The van der Waals surface area contributed by atoms with Gasteiger partial charge in [-0.2, -0.15) is 0 Å². The minimum Gasteiger partial charge on any atom is -0.452 e. The second-order valence-electron chi connectivity index (χ2n) is 5.82. The van der Waals surface area contributed by atoms with Crippen molar-refractivity contribution >= 4 is 15.4 Å².